The second-order valence-corrected chi connectivity index (χ2v) is 7.98. The van der Waals surface area contributed by atoms with Gasteiger partial charge in [-0.2, -0.15) is 0 Å². The highest BCUT2D eigenvalue weighted by atomic mass is 35.5. The smallest absolute Gasteiger partial charge is 0.266 e. The number of hydrogen-bond donors (Lipinski definition) is 1. The van der Waals surface area contributed by atoms with Gasteiger partial charge >= 0.3 is 0 Å². The average molecular weight is 397 g/mol. The van der Waals surface area contributed by atoms with Crippen molar-refractivity contribution in [3.8, 4) is 0 Å². The van der Waals surface area contributed by atoms with Crippen molar-refractivity contribution in [3.05, 3.63) is 77.5 Å². The summed E-state index contributed by atoms with van der Waals surface area (Å²) in [6, 6.07) is 10.8. The van der Waals surface area contributed by atoms with Crippen LogP contribution in [0.3, 0.4) is 0 Å². The molecule has 26 heavy (non-hydrogen) atoms. The third-order valence-corrected chi connectivity index (χ3v) is 6.40. The van der Waals surface area contributed by atoms with Crippen molar-refractivity contribution >= 4 is 38.2 Å². The number of benzene rings is 2. The minimum Gasteiger partial charge on any atom is -0.398 e. The Labute approximate surface area is 154 Å². The van der Waals surface area contributed by atoms with Crippen LogP contribution in [0.2, 0.25) is 5.02 Å². The van der Waals surface area contributed by atoms with Gasteiger partial charge in [0.25, 0.3) is 6.43 Å². The first-order chi connectivity index (χ1) is 12.3. The molecule has 2 aromatic carbocycles. The molecule has 1 aromatic heterocycles. The fourth-order valence-corrected chi connectivity index (χ4v) is 4.95. The maximum Gasteiger partial charge on any atom is 0.266 e. The van der Waals surface area contributed by atoms with Gasteiger partial charge in [-0.1, -0.05) is 41.9 Å². The number of aromatic nitrogens is 1. The molecule has 0 aliphatic rings. The van der Waals surface area contributed by atoms with Gasteiger partial charge in [0, 0.05) is 27.9 Å². The van der Waals surface area contributed by atoms with Gasteiger partial charge in [0.05, 0.1) is 5.52 Å². The third-order valence-electron chi connectivity index (χ3n) is 4.11. The molecule has 8 heteroatoms. The van der Waals surface area contributed by atoms with E-state index in [4.69, 9.17) is 17.3 Å². The maximum absolute atomic E-state index is 13.4. The molecule has 136 valence electrons. The van der Waals surface area contributed by atoms with E-state index >= 15 is 0 Å². The first-order valence-corrected chi connectivity index (χ1v) is 9.46. The van der Waals surface area contributed by atoms with Crippen molar-refractivity contribution in [3.63, 3.8) is 0 Å². The molecule has 0 fully saturated rings. The molecule has 3 rings (SSSR count). The van der Waals surface area contributed by atoms with Gasteiger partial charge in [-0.05, 0) is 23.8 Å². The summed E-state index contributed by atoms with van der Waals surface area (Å²) in [7, 11) is -4.16. The van der Waals surface area contributed by atoms with Crippen LogP contribution in [0.5, 0.6) is 0 Å². The molecular weight excluding hydrogens is 382 g/mol. The Hall–Kier alpha value is -2.38. The van der Waals surface area contributed by atoms with Gasteiger partial charge in [0.15, 0.2) is 0 Å². The van der Waals surface area contributed by atoms with Crippen molar-refractivity contribution in [2.75, 3.05) is 5.73 Å². The van der Waals surface area contributed by atoms with Gasteiger partial charge in [-0.3, -0.25) is 0 Å². The Morgan fingerprint density at radius 2 is 1.81 bits per heavy atom. The Bertz CT molecular complexity index is 1090. The molecule has 0 radical (unpaired) electrons. The average Bonchev–Trinajstić information content (AvgIpc) is 2.99. The largest absolute Gasteiger partial charge is 0.398 e. The van der Waals surface area contributed by atoms with Gasteiger partial charge in [0.1, 0.15) is 5.25 Å². The standard InChI is InChI=1S/C18H15ClF2N2O2S/c1-2-16(11-6-3-4-7-13(11)19)26(24,25)23-10-12(18(20)21)17-14(22)8-5-9-15(17)23/h2-10,16,18H,1,22H2. The van der Waals surface area contributed by atoms with E-state index in [-0.39, 0.29) is 21.6 Å². The number of nitrogens with two attached hydrogens (primary N) is 1. The lowest BCUT2D eigenvalue weighted by Gasteiger charge is -2.17. The van der Waals surface area contributed by atoms with Crippen molar-refractivity contribution in [2.24, 2.45) is 0 Å². The molecular formula is C18H15ClF2N2O2S. The topological polar surface area (TPSA) is 65.1 Å². The lowest BCUT2D eigenvalue weighted by atomic mass is 10.1. The molecule has 4 nitrogen and oxygen atoms in total. The molecule has 1 atom stereocenters. The monoisotopic (exact) mass is 396 g/mol. The summed E-state index contributed by atoms with van der Waals surface area (Å²) in [6.45, 7) is 3.59. The Morgan fingerprint density at radius 3 is 2.42 bits per heavy atom. The molecule has 1 unspecified atom stereocenters. The molecule has 0 saturated heterocycles. The molecule has 1 heterocycles. The normalized spacial score (nSPS) is 13.2. The van der Waals surface area contributed by atoms with Crippen molar-refractivity contribution in [1.82, 2.24) is 3.97 Å². The molecule has 0 bridgehead atoms. The first-order valence-electron chi connectivity index (χ1n) is 7.58. The SMILES string of the molecule is C=CC(c1ccccc1Cl)S(=O)(=O)n1cc(C(F)F)c2c(N)cccc21. The van der Waals surface area contributed by atoms with Crippen molar-refractivity contribution in [2.45, 2.75) is 11.7 Å². The van der Waals surface area contributed by atoms with E-state index in [1.54, 1.807) is 24.3 Å². The van der Waals surface area contributed by atoms with Crippen LogP contribution in [0, 0.1) is 0 Å². The lowest BCUT2D eigenvalue weighted by Crippen LogP contribution is -2.19. The Kier molecular flexibility index (Phi) is 4.77. The van der Waals surface area contributed by atoms with Crippen LogP contribution in [0.1, 0.15) is 22.8 Å². The number of nitrogen functional groups attached to an aromatic ring is 1. The van der Waals surface area contributed by atoms with Gasteiger partial charge in [-0.15, -0.1) is 6.58 Å². The summed E-state index contributed by atoms with van der Waals surface area (Å²) in [5, 5.41) is -0.946. The number of fused-ring (bicyclic) bond motifs is 1. The third kappa shape index (κ3) is 2.87. The fourth-order valence-electron chi connectivity index (χ4n) is 2.93. The van der Waals surface area contributed by atoms with Gasteiger partial charge < -0.3 is 5.73 Å². The molecule has 0 saturated carbocycles. The number of nitrogens with zero attached hydrogens (tertiary/aromatic N) is 1. The Morgan fingerprint density at radius 1 is 1.12 bits per heavy atom. The zero-order chi connectivity index (χ0) is 19.1. The highest BCUT2D eigenvalue weighted by Crippen LogP contribution is 2.38. The summed E-state index contributed by atoms with van der Waals surface area (Å²) in [4.78, 5) is 0. The predicted molar refractivity (Wildman–Crippen MR) is 100 cm³/mol. The van der Waals surface area contributed by atoms with Crippen LogP contribution in [-0.2, 0) is 10.0 Å². The summed E-state index contributed by atoms with van der Waals surface area (Å²) < 4.78 is 54.2. The van der Waals surface area contributed by atoms with Crippen LogP contribution < -0.4 is 5.73 Å². The van der Waals surface area contributed by atoms with Gasteiger partial charge in [0.2, 0.25) is 10.0 Å². The maximum atomic E-state index is 13.4. The van der Waals surface area contributed by atoms with Crippen LogP contribution in [0.15, 0.2) is 61.3 Å². The highest BCUT2D eigenvalue weighted by Gasteiger charge is 2.31. The molecule has 0 aliphatic carbocycles. The summed E-state index contributed by atoms with van der Waals surface area (Å²) in [6.07, 6.45) is -0.744. The first kappa shape index (κ1) is 18.4. The summed E-state index contributed by atoms with van der Waals surface area (Å²) >= 11 is 6.13. The van der Waals surface area contributed by atoms with Crippen molar-refractivity contribution in [1.29, 1.82) is 0 Å². The number of anilines is 1. The molecule has 0 spiro atoms. The van der Waals surface area contributed by atoms with E-state index in [1.165, 1.54) is 24.3 Å². The van der Waals surface area contributed by atoms with Crippen LogP contribution in [0.4, 0.5) is 14.5 Å². The minimum atomic E-state index is -4.16. The molecule has 3 aromatic rings. The Balaban J connectivity index is 2.30. The molecule has 0 aliphatic heterocycles. The number of alkyl halides is 2. The minimum absolute atomic E-state index is 0.0213. The number of rotatable bonds is 5. The summed E-state index contributed by atoms with van der Waals surface area (Å²) in [5.41, 5.74) is 5.85. The van der Waals surface area contributed by atoms with E-state index < -0.39 is 27.3 Å². The second kappa shape index (κ2) is 6.74. The van der Waals surface area contributed by atoms with Crippen LogP contribution >= 0.6 is 11.6 Å². The van der Waals surface area contributed by atoms with E-state index in [0.717, 1.165) is 10.2 Å². The molecule has 0 amide bonds. The van der Waals surface area contributed by atoms with Crippen LogP contribution in [-0.4, -0.2) is 12.4 Å². The number of hydrogen-bond acceptors (Lipinski definition) is 3. The lowest BCUT2D eigenvalue weighted by molar-refractivity contribution is 0.153. The van der Waals surface area contributed by atoms with E-state index in [9.17, 15) is 17.2 Å². The van der Waals surface area contributed by atoms with E-state index in [1.807, 2.05) is 0 Å². The number of halogens is 3. The predicted octanol–water partition coefficient (Wildman–Crippen LogP) is 4.92. The zero-order valence-corrected chi connectivity index (χ0v) is 15.0. The molecule has 2 N–H and O–H groups in total. The van der Waals surface area contributed by atoms with Crippen LogP contribution in [0.25, 0.3) is 10.9 Å². The van der Waals surface area contributed by atoms with E-state index in [2.05, 4.69) is 6.58 Å². The highest BCUT2D eigenvalue weighted by molar-refractivity contribution is 7.90. The fraction of sp³-hybridized carbons (Fsp3) is 0.111. The zero-order valence-electron chi connectivity index (χ0n) is 13.4. The van der Waals surface area contributed by atoms with E-state index in [0.29, 0.717) is 5.56 Å². The van der Waals surface area contributed by atoms with Crippen molar-refractivity contribution < 1.29 is 17.2 Å². The van der Waals surface area contributed by atoms with Gasteiger partial charge in [-0.25, -0.2) is 21.2 Å². The second-order valence-electron chi connectivity index (χ2n) is 5.65. The summed E-state index contributed by atoms with van der Waals surface area (Å²) in [5.74, 6) is 0. The quantitative estimate of drug-likeness (QED) is 0.491.